The minimum Gasteiger partial charge on any atom is -0.486 e. The smallest absolute Gasteiger partial charge is 0.274 e. The van der Waals surface area contributed by atoms with Gasteiger partial charge in [-0.15, -0.1) is 0 Å². The van der Waals surface area contributed by atoms with Crippen molar-refractivity contribution in [2.45, 2.75) is 20.8 Å². The molecule has 0 unspecified atom stereocenters. The van der Waals surface area contributed by atoms with E-state index < -0.39 is 0 Å². The summed E-state index contributed by atoms with van der Waals surface area (Å²) in [5.74, 6) is 1.43. The number of fused-ring (bicyclic) bond motifs is 1. The van der Waals surface area contributed by atoms with Gasteiger partial charge in [0.15, 0.2) is 11.5 Å². The second kappa shape index (κ2) is 7.79. The van der Waals surface area contributed by atoms with E-state index in [0.29, 0.717) is 42.0 Å². The van der Waals surface area contributed by atoms with Crippen molar-refractivity contribution in [3.63, 3.8) is 0 Å². The van der Waals surface area contributed by atoms with Gasteiger partial charge in [0.25, 0.3) is 5.91 Å². The van der Waals surface area contributed by atoms with Crippen molar-refractivity contribution in [2.24, 2.45) is 0 Å². The first-order valence-corrected chi connectivity index (χ1v) is 9.39. The summed E-state index contributed by atoms with van der Waals surface area (Å²) in [6.07, 6.45) is 0. The molecular weight excluding hydrogens is 368 g/mol. The number of ether oxygens (including phenoxy) is 2. The Morgan fingerprint density at radius 2 is 1.76 bits per heavy atom. The number of aryl methyl sites for hydroxylation is 2. The van der Waals surface area contributed by atoms with Crippen molar-refractivity contribution in [2.75, 3.05) is 23.8 Å². The van der Waals surface area contributed by atoms with Gasteiger partial charge >= 0.3 is 0 Å². The monoisotopic (exact) mass is 390 g/mol. The highest BCUT2D eigenvalue weighted by molar-refractivity contribution is 6.03. The predicted octanol–water partition coefficient (Wildman–Crippen LogP) is 4.17. The molecule has 0 radical (unpaired) electrons. The lowest BCUT2D eigenvalue weighted by Gasteiger charge is -2.19. The highest BCUT2D eigenvalue weighted by Crippen LogP contribution is 2.33. The predicted molar refractivity (Wildman–Crippen MR) is 111 cm³/mol. The zero-order valence-corrected chi connectivity index (χ0v) is 16.6. The number of carbonyl (C=O) groups excluding carboxylic acids is 1. The van der Waals surface area contributed by atoms with Gasteiger partial charge < -0.3 is 20.1 Å². The highest BCUT2D eigenvalue weighted by Gasteiger charge is 2.15. The van der Waals surface area contributed by atoms with Crippen LogP contribution in [-0.4, -0.2) is 29.1 Å². The Labute approximate surface area is 169 Å². The number of hydrogen-bond acceptors (Lipinski definition) is 6. The van der Waals surface area contributed by atoms with E-state index >= 15 is 0 Å². The molecule has 0 fully saturated rings. The average molecular weight is 390 g/mol. The van der Waals surface area contributed by atoms with Crippen LogP contribution in [0.1, 0.15) is 27.3 Å². The number of amides is 1. The summed E-state index contributed by atoms with van der Waals surface area (Å²) in [5, 5.41) is 6.07. The molecule has 3 aromatic rings. The molecule has 0 saturated carbocycles. The normalized spacial score (nSPS) is 12.4. The molecule has 29 heavy (non-hydrogen) atoms. The number of benzene rings is 2. The number of rotatable bonds is 4. The fourth-order valence-corrected chi connectivity index (χ4v) is 3.06. The van der Waals surface area contributed by atoms with Crippen molar-refractivity contribution in [3.8, 4) is 11.5 Å². The van der Waals surface area contributed by atoms with Crippen molar-refractivity contribution in [1.29, 1.82) is 0 Å². The topological polar surface area (TPSA) is 85.4 Å². The maximum Gasteiger partial charge on any atom is 0.274 e. The van der Waals surface area contributed by atoms with Crippen LogP contribution in [0.25, 0.3) is 0 Å². The largest absolute Gasteiger partial charge is 0.486 e. The average Bonchev–Trinajstić information content (AvgIpc) is 2.71. The Morgan fingerprint density at radius 1 is 0.966 bits per heavy atom. The van der Waals surface area contributed by atoms with Gasteiger partial charge in [-0.2, -0.15) is 0 Å². The zero-order valence-electron chi connectivity index (χ0n) is 16.6. The Balaban J connectivity index is 1.56. The summed E-state index contributed by atoms with van der Waals surface area (Å²) in [6.45, 7) is 6.87. The van der Waals surface area contributed by atoms with Crippen LogP contribution in [-0.2, 0) is 0 Å². The Kier molecular flexibility index (Phi) is 5.03. The molecule has 0 aliphatic carbocycles. The van der Waals surface area contributed by atoms with Crippen molar-refractivity contribution < 1.29 is 14.3 Å². The molecular formula is C22H22N4O3. The molecule has 1 aromatic heterocycles. The highest BCUT2D eigenvalue weighted by atomic mass is 16.6. The number of nitrogens with one attached hydrogen (secondary N) is 2. The molecule has 0 spiro atoms. The fourth-order valence-electron chi connectivity index (χ4n) is 3.06. The van der Waals surface area contributed by atoms with Crippen molar-refractivity contribution in [3.05, 3.63) is 65.0 Å². The maximum atomic E-state index is 12.8. The van der Waals surface area contributed by atoms with Crippen molar-refractivity contribution >= 4 is 23.2 Å². The van der Waals surface area contributed by atoms with E-state index in [0.717, 1.165) is 22.5 Å². The first-order chi connectivity index (χ1) is 14.0. The summed E-state index contributed by atoms with van der Waals surface area (Å²) in [7, 11) is 0. The third kappa shape index (κ3) is 4.13. The fraction of sp³-hybridized carbons (Fsp3) is 0.227. The van der Waals surface area contributed by atoms with Gasteiger partial charge in [-0.3, -0.25) is 4.79 Å². The molecule has 2 heterocycles. The number of anilines is 3. The lowest BCUT2D eigenvalue weighted by molar-refractivity contribution is 0.102. The van der Waals surface area contributed by atoms with Crippen molar-refractivity contribution in [1.82, 2.24) is 9.97 Å². The third-order valence-electron chi connectivity index (χ3n) is 4.74. The first-order valence-electron chi connectivity index (χ1n) is 9.39. The molecule has 4 rings (SSSR count). The van der Waals surface area contributed by atoms with E-state index in [2.05, 4.69) is 20.6 Å². The molecule has 1 amide bonds. The summed E-state index contributed by atoms with van der Waals surface area (Å²) >= 11 is 0. The van der Waals surface area contributed by atoms with Crippen LogP contribution in [0.5, 0.6) is 11.5 Å². The molecule has 1 aliphatic heterocycles. The van der Waals surface area contributed by atoms with Gasteiger partial charge in [0, 0.05) is 23.1 Å². The third-order valence-corrected chi connectivity index (χ3v) is 4.74. The van der Waals surface area contributed by atoms with E-state index in [4.69, 9.17) is 9.47 Å². The quantitative estimate of drug-likeness (QED) is 0.695. The summed E-state index contributed by atoms with van der Waals surface area (Å²) < 4.78 is 11.1. The summed E-state index contributed by atoms with van der Waals surface area (Å²) in [5.41, 5.74) is 4.64. The molecule has 7 nitrogen and oxygen atoms in total. The second-order valence-electron chi connectivity index (χ2n) is 6.90. The van der Waals surface area contributed by atoms with Gasteiger partial charge in [-0.05, 0) is 56.2 Å². The van der Waals surface area contributed by atoms with Crippen LogP contribution in [0, 0.1) is 20.8 Å². The standard InChI is InChI=1S/C22H22N4O3/c1-13-5-4-6-17(15(13)3)25-21(27)18-11-14(2)23-22(26-18)24-16-7-8-19-20(12-16)29-10-9-28-19/h4-8,11-12H,9-10H2,1-3H3,(H,25,27)(H,23,24,26). The van der Waals surface area contributed by atoms with Gasteiger partial charge in [0.05, 0.1) is 0 Å². The molecule has 0 saturated heterocycles. The van der Waals surface area contributed by atoms with Crippen LogP contribution in [0.15, 0.2) is 42.5 Å². The number of hydrogen-bond donors (Lipinski definition) is 2. The van der Waals surface area contributed by atoms with Crippen LogP contribution >= 0.6 is 0 Å². The van der Waals surface area contributed by atoms with Gasteiger partial charge in [0.2, 0.25) is 5.95 Å². The van der Waals surface area contributed by atoms with E-state index in [-0.39, 0.29) is 5.91 Å². The van der Waals surface area contributed by atoms with Gasteiger partial charge in [-0.1, -0.05) is 12.1 Å². The SMILES string of the molecule is Cc1cc(C(=O)Nc2cccc(C)c2C)nc(Nc2ccc3c(c2)OCCO3)n1. The maximum absolute atomic E-state index is 12.8. The minimum atomic E-state index is -0.283. The Bertz CT molecular complexity index is 1080. The molecule has 0 atom stereocenters. The van der Waals surface area contributed by atoms with E-state index in [1.807, 2.05) is 57.2 Å². The van der Waals surface area contributed by atoms with Gasteiger partial charge in [-0.25, -0.2) is 9.97 Å². The lowest BCUT2D eigenvalue weighted by Crippen LogP contribution is -2.16. The van der Waals surface area contributed by atoms with Gasteiger partial charge in [0.1, 0.15) is 18.9 Å². The van der Waals surface area contributed by atoms with Crippen LogP contribution in [0.4, 0.5) is 17.3 Å². The van der Waals surface area contributed by atoms with E-state index in [1.165, 1.54) is 0 Å². The van der Waals surface area contributed by atoms with Crippen LogP contribution < -0.4 is 20.1 Å². The Hall–Kier alpha value is -3.61. The van der Waals surface area contributed by atoms with E-state index in [9.17, 15) is 4.79 Å². The number of aromatic nitrogens is 2. The molecule has 2 N–H and O–H groups in total. The summed E-state index contributed by atoms with van der Waals surface area (Å²) in [4.78, 5) is 21.5. The molecule has 1 aliphatic rings. The lowest BCUT2D eigenvalue weighted by atomic mass is 10.1. The first kappa shape index (κ1) is 18.7. The molecule has 0 bridgehead atoms. The minimum absolute atomic E-state index is 0.283. The Morgan fingerprint density at radius 3 is 2.59 bits per heavy atom. The zero-order chi connectivity index (χ0) is 20.4. The van der Waals surface area contributed by atoms with Crippen LogP contribution in [0.3, 0.4) is 0 Å². The molecule has 148 valence electrons. The number of nitrogens with zero attached hydrogens (tertiary/aromatic N) is 2. The molecule has 2 aromatic carbocycles. The van der Waals surface area contributed by atoms with Crippen LogP contribution in [0.2, 0.25) is 0 Å². The summed E-state index contributed by atoms with van der Waals surface area (Å²) in [6, 6.07) is 13.0. The second-order valence-corrected chi connectivity index (χ2v) is 6.90. The van der Waals surface area contributed by atoms with E-state index in [1.54, 1.807) is 6.07 Å². The molecule has 7 heteroatoms. The number of carbonyl (C=O) groups is 1.